The SMILES string of the molecule is Cc1cc(-c2ccc3ccncc3c2)ccc1O. The van der Waals surface area contributed by atoms with Gasteiger partial charge in [0.1, 0.15) is 5.75 Å². The summed E-state index contributed by atoms with van der Waals surface area (Å²) in [6, 6.07) is 14.0. The van der Waals surface area contributed by atoms with E-state index < -0.39 is 0 Å². The van der Waals surface area contributed by atoms with Crippen molar-refractivity contribution in [2.24, 2.45) is 0 Å². The van der Waals surface area contributed by atoms with Gasteiger partial charge < -0.3 is 5.11 Å². The number of aromatic hydroxyl groups is 1. The predicted molar refractivity (Wildman–Crippen MR) is 73.6 cm³/mol. The van der Waals surface area contributed by atoms with Gasteiger partial charge in [0, 0.05) is 17.8 Å². The lowest BCUT2D eigenvalue weighted by Gasteiger charge is -2.06. The standard InChI is InChI=1S/C16H13NO/c1-11-8-13(4-5-16(11)18)14-3-2-12-6-7-17-10-15(12)9-14/h2-10,18H,1H3. The number of benzene rings is 2. The van der Waals surface area contributed by atoms with E-state index >= 15 is 0 Å². The topological polar surface area (TPSA) is 33.1 Å². The van der Waals surface area contributed by atoms with E-state index in [0.29, 0.717) is 5.75 Å². The van der Waals surface area contributed by atoms with Gasteiger partial charge in [-0.1, -0.05) is 18.2 Å². The number of hydrogen-bond acceptors (Lipinski definition) is 2. The van der Waals surface area contributed by atoms with Gasteiger partial charge in [-0.25, -0.2) is 0 Å². The molecule has 0 radical (unpaired) electrons. The van der Waals surface area contributed by atoms with Crippen molar-refractivity contribution in [2.75, 3.05) is 0 Å². The maximum absolute atomic E-state index is 9.55. The van der Waals surface area contributed by atoms with E-state index in [4.69, 9.17) is 0 Å². The monoisotopic (exact) mass is 235 g/mol. The Morgan fingerprint density at radius 2 is 1.67 bits per heavy atom. The van der Waals surface area contributed by atoms with Crippen LogP contribution in [0.25, 0.3) is 21.9 Å². The minimum absolute atomic E-state index is 0.334. The number of hydrogen-bond donors (Lipinski definition) is 1. The van der Waals surface area contributed by atoms with Gasteiger partial charge in [-0.05, 0) is 53.3 Å². The highest BCUT2D eigenvalue weighted by Gasteiger charge is 2.02. The summed E-state index contributed by atoms with van der Waals surface area (Å²) in [5.41, 5.74) is 3.13. The lowest BCUT2D eigenvalue weighted by molar-refractivity contribution is 0.471. The van der Waals surface area contributed by atoms with E-state index in [0.717, 1.165) is 22.1 Å². The molecule has 1 N–H and O–H groups in total. The van der Waals surface area contributed by atoms with Crippen molar-refractivity contribution < 1.29 is 5.11 Å². The molecule has 2 aromatic carbocycles. The molecule has 3 rings (SSSR count). The van der Waals surface area contributed by atoms with E-state index in [-0.39, 0.29) is 0 Å². The largest absolute Gasteiger partial charge is 0.508 e. The summed E-state index contributed by atoms with van der Waals surface area (Å²) in [6.45, 7) is 1.90. The first-order valence-corrected chi connectivity index (χ1v) is 5.88. The number of phenolic OH excluding ortho intramolecular Hbond substituents is 1. The second-order valence-electron chi connectivity index (χ2n) is 4.44. The number of nitrogens with zero attached hydrogens (tertiary/aromatic N) is 1. The molecule has 0 saturated carbocycles. The minimum Gasteiger partial charge on any atom is -0.508 e. The summed E-state index contributed by atoms with van der Waals surface area (Å²) >= 11 is 0. The zero-order valence-electron chi connectivity index (χ0n) is 10.1. The molecule has 0 saturated heterocycles. The summed E-state index contributed by atoms with van der Waals surface area (Å²) in [5.74, 6) is 0.334. The summed E-state index contributed by atoms with van der Waals surface area (Å²) in [5, 5.41) is 11.9. The molecule has 0 unspecified atom stereocenters. The normalized spacial score (nSPS) is 10.7. The van der Waals surface area contributed by atoms with Gasteiger partial charge in [-0.2, -0.15) is 0 Å². The van der Waals surface area contributed by atoms with Crippen LogP contribution in [0.3, 0.4) is 0 Å². The zero-order chi connectivity index (χ0) is 12.5. The molecule has 88 valence electrons. The van der Waals surface area contributed by atoms with Gasteiger partial charge in [0.15, 0.2) is 0 Å². The van der Waals surface area contributed by atoms with E-state index in [1.165, 1.54) is 5.39 Å². The second-order valence-corrected chi connectivity index (χ2v) is 4.44. The number of fused-ring (bicyclic) bond motifs is 1. The Balaban J connectivity index is 2.16. The van der Waals surface area contributed by atoms with E-state index in [2.05, 4.69) is 23.2 Å². The van der Waals surface area contributed by atoms with Crippen LogP contribution in [0.5, 0.6) is 5.75 Å². The number of pyridine rings is 1. The van der Waals surface area contributed by atoms with Crippen LogP contribution in [-0.2, 0) is 0 Å². The smallest absolute Gasteiger partial charge is 0.118 e. The molecule has 3 aromatic rings. The molecular weight excluding hydrogens is 222 g/mol. The third-order valence-electron chi connectivity index (χ3n) is 3.17. The predicted octanol–water partition coefficient (Wildman–Crippen LogP) is 3.92. The Labute approximate surface area is 106 Å². The molecule has 1 heterocycles. The van der Waals surface area contributed by atoms with Crippen LogP contribution in [0.4, 0.5) is 0 Å². The summed E-state index contributed by atoms with van der Waals surface area (Å²) in [7, 11) is 0. The molecule has 0 aliphatic rings. The zero-order valence-corrected chi connectivity index (χ0v) is 10.1. The maximum Gasteiger partial charge on any atom is 0.118 e. The molecule has 0 atom stereocenters. The van der Waals surface area contributed by atoms with Crippen LogP contribution in [0.2, 0.25) is 0 Å². The van der Waals surface area contributed by atoms with Gasteiger partial charge in [-0.3, -0.25) is 4.98 Å². The molecule has 0 aliphatic carbocycles. The third-order valence-corrected chi connectivity index (χ3v) is 3.17. The van der Waals surface area contributed by atoms with Crippen molar-refractivity contribution >= 4 is 10.8 Å². The Morgan fingerprint density at radius 3 is 2.50 bits per heavy atom. The summed E-state index contributed by atoms with van der Waals surface area (Å²) in [6.07, 6.45) is 3.67. The Kier molecular flexibility index (Phi) is 2.49. The van der Waals surface area contributed by atoms with E-state index in [1.807, 2.05) is 31.3 Å². The Hall–Kier alpha value is -2.35. The Bertz CT molecular complexity index is 719. The number of phenols is 1. The third kappa shape index (κ3) is 1.82. The van der Waals surface area contributed by atoms with Gasteiger partial charge in [0.2, 0.25) is 0 Å². The highest BCUT2D eigenvalue weighted by Crippen LogP contribution is 2.27. The maximum atomic E-state index is 9.55. The summed E-state index contributed by atoms with van der Waals surface area (Å²) in [4.78, 5) is 4.14. The van der Waals surface area contributed by atoms with Crippen LogP contribution >= 0.6 is 0 Å². The second kappa shape index (κ2) is 4.15. The number of aromatic nitrogens is 1. The number of aryl methyl sites for hydroxylation is 1. The molecule has 0 bridgehead atoms. The molecule has 0 amide bonds. The van der Waals surface area contributed by atoms with Gasteiger partial charge in [0.25, 0.3) is 0 Å². The average molecular weight is 235 g/mol. The molecule has 2 nitrogen and oxygen atoms in total. The van der Waals surface area contributed by atoms with Gasteiger partial charge in [0.05, 0.1) is 0 Å². The van der Waals surface area contributed by atoms with Crippen molar-refractivity contribution in [1.29, 1.82) is 0 Å². The fourth-order valence-electron chi connectivity index (χ4n) is 2.10. The molecule has 18 heavy (non-hydrogen) atoms. The molecule has 2 heteroatoms. The lowest BCUT2D eigenvalue weighted by Crippen LogP contribution is -1.82. The van der Waals surface area contributed by atoms with Crippen molar-refractivity contribution in [3.63, 3.8) is 0 Å². The summed E-state index contributed by atoms with van der Waals surface area (Å²) < 4.78 is 0. The molecular formula is C16H13NO. The van der Waals surface area contributed by atoms with Crippen molar-refractivity contribution in [1.82, 2.24) is 4.98 Å². The first-order valence-electron chi connectivity index (χ1n) is 5.88. The molecule has 1 aromatic heterocycles. The highest BCUT2D eigenvalue weighted by molar-refractivity contribution is 5.86. The first kappa shape index (κ1) is 10.8. The lowest BCUT2D eigenvalue weighted by atomic mass is 10.0. The van der Waals surface area contributed by atoms with Gasteiger partial charge in [-0.15, -0.1) is 0 Å². The Morgan fingerprint density at radius 1 is 0.889 bits per heavy atom. The fourth-order valence-corrected chi connectivity index (χ4v) is 2.10. The average Bonchev–Trinajstić information content (AvgIpc) is 2.41. The first-order chi connectivity index (χ1) is 8.74. The quantitative estimate of drug-likeness (QED) is 0.693. The van der Waals surface area contributed by atoms with Crippen molar-refractivity contribution in [2.45, 2.75) is 6.92 Å². The molecule has 0 fully saturated rings. The van der Waals surface area contributed by atoms with Crippen LogP contribution in [0.1, 0.15) is 5.56 Å². The van der Waals surface area contributed by atoms with Crippen LogP contribution in [0, 0.1) is 6.92 Å². The highest BCUT2D eigenvalue weighted by atomic mass is 16.3. The number of rotatable bonds is 1. The minimum atomic E-state index is 0.334. The van der Waals surface area contributed by atoms with E-state index in [9.17, 15) is 5.11 Å². The van der Waals surface area contributed by atoms with E-state index in [1.54, 1.807) is 12.3 Å². The van der Waals surface area contributed by atoms with Crippen molar-refractivity contribution in [3.05, 3.63) is 60.4 Å². The molecule has 0 aliphatic heterocycles. The van der Waals surface area contributed by atoms with Crippen molar-refractivity contribution in [3.8, 4) is 16.9 Å². The molecule has 0 spiro atoms. The fraction of sp³-hybridized carbons (Fsp3) is 0.0625. The van der Waals surface area contributed by atoms with Gasteiger partial charge >= 0.3 is 0 Å². The van der Waals surface area contributed by atoms with Crippen LogP contribution < -0.4 is 0 Å². The van der Waals surface area contributed by atoms with Crippen LogP contribution in [0.15, 0.2) is 54.9 Å². The van der Waals surface area contributed by atoms with Crippen LogP contribution in [-0.4, -0.2) is 10.1 Å².